The van der Waals surface area contributed by atoms with Gasteiger partial charge in [-0.15, -0.1) is 0 Å². The van der Waals surface area contributed by atoms with Gasteiger partial charge in [0.1, 0.15) is 0 Å². The normalized spacial score (nSPS) is 11.7. The van der Waals surface area contributed by atoms with E-state index in [2.05, 4.69) is 26.5 Å². The zero-order chi connectivity index (χ0) is 13.5. The maximum Gasteiger partial charge on any atom is 0.307 e. The van der Waals surface area contributed by atoms with Crippen LogP contribution in [-0.4, -0.2) is 12.1 Å². The summed E-state index contributed by atoms with van der Waals surface area (Å²) in [6.07, 6.45) is 4.83. The van der Waals surface area contributed by atoms with Gasteiger partial charge in [-0.1, -0.05) is 30.3 Å². The van der Waals surface area contributed by atoms with Crippen molar-refractivity contribution in [3.8, 4) is 0 Å². The maximum absolute atomic E-state index is 11.5. The van der Waals surface area contributed by atoms with Crippen LogP contribution in [0.5, 0.6) is 0 Å². The molecule has 0 radical (unpaired) electrons. The summed E-state index contributed by atoms with van der Waals surface area (Å²) in [6, 6.07) is 13.0. The van der Waals surface area contributed by atoms with E-state index in [9.17, 15) is 4.79 Å². The van der Waals surface area contributed by atoms with Gasteiger partial charge < -0.3 is 4.42 Å². The van der Waals surface area contributed by atoms with E-state index in [1.54, 1.807) is 12.1 Å². The van der Waals surface area contributed by atoms with Crippen LogP contribution in [0, 0.1) is 0 Å². The topological polar surface area (TPSA) is 54.6 Å². The lowest BCUT2D eigenvalue weighted by molar-refractivity contribution is 0.0927. The molecule has 2 aromatic rings. The molecular weight excluding hydrogens is 308 g/mol. The Hall–Kier alpha value is -2.14. The highest BCUT2D eigenvalue weighted by molar-refractivity contribution is 9.12. The second-order valence-electron chi connectivity index (χ2n) is 3.62. The van der Waals surface area contributed by atoms with Crippen molar-refractivity contribution in [3.05, 3.63) is 64.5 Å². The highest BCUT2D eigenvalue weighted by atomic mass is 79.9. The number of furan rings is 1. The lowest BCUT2D eigenvalue weighted by Crippen LogP contribution is -2.16. The van der Waals surface area contributed by atoms with E-state index in [1.165, 1.54) is 12.5 Å². The third-order valence-electron chi connectivity index (χ3n) is 2.20. The number of carbonyl (C=O) groups excluding carboxylic acids is 1. The van der Waals surface area contributed by atoms with E-state index in [4.69, 9.17) is 4.42 Å². The lowest BCUT2D eigenvalue weighted by Gasteiger charge is -1.95. The van der Waals surface area contributed by atoms with Crippen LogP contribution >= 0.6 is 15.9 Å². The molecule has 0 aliphatic heterocycles. The fourth-order valence-corrected chi connectivity index (χ4v) is 1.73. The first kappa shape index (κ1) is 13.3. The molecule has 0 unspecified atom stereocenters. The molecule has 19 heavy (non-hydrogen) atoms. The fourth-order valence-electron chi connectivity index (χ4n) is 1.36. The van der Waals surface area contributed by atoms with Gasteiger partial charge in [-0.2, -0.15) is 5.10 Å². The molecule has 2 rings (SSSR count). The summed E-state index contributed by atoms with van der Waals surface area (Å²) in [5.74, 6) is -0.165. The van der Waals surface area contributed by atoms with Crippen molar-refractivity contribution in [1.82, 2.24) is 5.43 Å². The summed E-state index contributed by atoms with van der Waals surface area (Å²) in [5.41, 5.74) is 3.41. The summed E-state index contributed by atoms with van der Waals surface area (Å²) in [7, 11) is 0. The maximum atomic E-state index is 11.5. The van der Waals surface area contributed by atoms with Gasteiger partial charge >= 0.3 is 5.91 Å². The number of allylic oxidation sites excluding steroid dienone is 1. The van der Waals surface area contributed by atoms with Crippen LogP contribution in [0.1, 0.15) is 16.1 Å². The van der Waals surface area contributed by atoms with Gasteiger partial charge in [0.05, 0.1) is 12.5 Å². The number of hydrazone groups is 1. The van der Waals surface area contributed by atoms with Crippen molar-refractivity contribution in [2.24, 2.45) is 5.10 Å². The number of benzene rings is 1. The Morgan fingerprint density at radius 1 is 1.21 bits per heavy atom. The monoisotopic (exact) mass is 318 g/mol. The van der Waals surface area contributed by atoms with Crippen molar-refractivity contribution in [2.75, 3.05) is 0 Å². The van der Waals surface area contributed by atoms with Crippen molar-refractivity contribution in [2.45, 2.75) is 0 Å². The third-order valence-corrected chi connectivity index (χ3v) is 2.64. The van der Waals surface area contributed by atoms with Gasteiger partial charge in [-0.25, -0.2) is 5.43 Å². The van der Waals surface area contributed by atoms with Gasteiger partial charge in [0, 0.05) is 4.48 Å². The van der Waals surface area contributed by atoms with Crippen molar-refractivity contribution >= 4 is 34.1 Å². The largest absolute Gasteiger partial charge is 0.459 e. The van der Waals surface area contributed by atoms with Crippen molar-refractivity contribution in [3.63, 3.8) is 0 Å². The summed E-state index contributed by atoms with van der Waals surface area (Å²) in [4.78, 5) is 11.5. The first-order valence-electron chi connectivity index (χ1n) is 5.55. The minimum absolute atomic E-state index is 0.223. The molecule has 0 saturated heterocycles. The Bertz CT molecular complexity index is 589. The molecule has 1 amide bonds. The van der Waals surface area contributed by atoms with E-state index in [0.29, 0.717) is 0 Å². The average Bonchev–Trinajstić information content (AvgIpc) is 2.93. The number of nitrogens with zero attached hydrogens (tertiary/aromatic N) is 1. The molecule has 0 atom stereocenters. The van der Waals surface area contributed by atoms with E-state index in [1.807, 2.05) is 36.4 Å². The number of rotatable bonds is 4. The predicted molar refractivity (Wildman–Crippen MR) is 78.0 cm³/mol. The molecule has 5 heteroatoms. The Morgan fingerprint density at radius 2 is 2.00 bits per heavy atom. The quantitative estimate of drug-likeness (QED) is 0.693. The Kier molecular flexibility index (Phi) is 4.69. The molecule has 96 valence electrons. The van der Waals surface area contributed by atoms with Gasteiger partial charge in [-0.3, -0.25) is 4.79 Å². The third kappa shape index (κ3) is 4.22. The summed E-state index contributed by atoms with van der Waals surface area (Å²) >= 11 is 3.35. The molecule has 0 bridgehead atoms. The summed E-state index contributed by atoms with van der Waals surface area (Å²) in [6.45, 7) is 0. The van der Waals surface area contributed by atoms with E-state index in [0.717, 1.165) is 10.0 Å². The molecule has 1 aromatic heterocycles. The highest BCUT2D eigenvalue weighted by Crippen LogP contribution is 2.09. The zero-order valence-corrected chi connectivity index (χ0v) is 11.5. The average molecular weight is 319 g/mol. The number of nitrogens with one attached hydrogen (secondary N) is 1. The molecular formula is C14H11BrN2O2. The predicted octanol–water partition coefficient (Wildman–Crippen LogP) is 3.43. The molecule has 0 aliphatic carbocycles. The van der Waals surface area contributed by atoms with Crippen LogP contribution < -0.4 is 5.43 Å². The van der Waals surface area contributed by atoms with E-state index < -0.39 is 0 Å². The Labute approximate surface area is 118 Å². The van der Waals surface area contributed by atoms with Crippen molar-refractivity contribution in [1.29, 1.82) is 0 Å². The van der Waals surface area contributed by atoms with Crippen LogP contribution in [0.2, 0.25) is 0 Å². The molecule has 1 N–H and O–H groups in total. The van der Waals surface area contributed by atoms with Crippen molar-refractivity contribution < 1.29 is 9.21 Å². The minimum atomic E-state index is -0.388. The summed E-state index contributed by atoms with van der Waals surface area (Å²) < 4.78 is 5.68. The summed E-state index contributed by atoms with van der Waals surface area (Å²) in [5, 5.41) is 3.82. The SMILES string of the molecule is O=C(NN=CC(Br)=Cc1ccccc1)c1ccco1. The van der Waals surface area contributed by atoms with Gasteiger partial charge in [0.15, 0.2) is 5.76 Å². The van der Waals surface area contributed by atoms with Crippen LogP contribution in [0.15, 0.2) is 62.7 Å². The molecule has 4 nitrogen and oxygen atoms in total. The second kappa shape index (κ2) is 6.70. The first-order chi connectivity index (χ1) is 9.25. The molecule has 0 saturated carbocycles. The Balaban J connectivity index is 1.92. The van der Waals surface area contributed by atoms with E-state index in [-0.39, 0.29) is 11.7 Å². The standard InChI is InChI=1S/C14H11BrN2O2/c15-12(9-11-5-2-1-3-6-11)10-16-17-14(18)13-7-4-8-19-13/h1-10H,(H,17,18). The van der Waals surface area contributed by atoms with E-state index >= 15 is 0 Å². The second-order valence-corrected chi connectivity index (χ2v) is 4.53. The number of carbonyl (C=O) groups is 1. The zero-order valence-electron chi connectivity index (χ0n) is 9.92. The van der Waals surface area contributed by atoms with Crippen LogP contribution in [0.3, 0.4) is 0 Å². The number of amides is 1. The molecule has 1 heterocycles. The lowest BCUT2D eigenvalue weighted by atomic mass is 10.2. The van der Waals surface area contributed by atoms with Crippen LogP contribution in [-0.2, 0) is 0 Å². The number of halogens is 1. The van der Waals surface area contributed by atoms with Gasteiger partial charge in [0.2, 0.25) is 0 Å². The molecule has 0 fully saturated rings. The minimum Gasteiger partial charge on any atom is -0.459 e. The number of hydrogen-bond acceptors (Lipinski definition) is 3. The fraction of sp³-hybridized carbons (Fsp3) is 0. The van der Waals surface area contributed by atoms with Crippen LogP contribution in [0.25, 0.3) is 6.08 Å². The van der Waals surface area contributed by atoms with Gasteiger partial charge in [0.25, 0.3) is 0 Å². The highest BCUT2D eigenvalue weighted by Gasteiger charge is 2.05. The molecule has 1 aromatic carbocycles. The van der Waals surface area contributed by atoms with Gasteiger partial charge in [-0.05, 0) is 39.7 Å². The first-order valence-corrected chi connectivity index (χ1v) is 6.34. The smallest absolute Gasteiger partial charge is 0.307 e. The number of hydrogen-bond donors (Lipinski definition) is 1. The van der Waals surface area contributed by atoms with Crippen LogP contribution in [0.4, 0.5) is 0 Å². The Morgan fingerprint density at radius 3 is 2.68 bits per heavy atom. The molecule has 0 aliphatic rings. The molecule has 0 spiro atoms.